The van der Waals surface area contributed by atoms with Gasteiger partial charge in [0.25, 0.3) is 5.91 Å². The summed E-state index contributed by atoms with van der Waals surface area (Å²) in [4.78, 5) is 17.0. The lowest BCUT2D eigenvalue weighted by Crippen LogP contribution is -2.30. The zero-order chi connectivity index (χ0) is 15.7. The highest BCUT2D eigenvalue weighted by Crippen LogP contribution is 2.49. The van der Waals surface area contributed by atoms with E-state index in [1.165, 1.54) is 30.6 Å². The average molecular weight is 310 g/mol. The molecule has 1 fully saturated rings. The molecule has 1 aromatic rings. The number of hydrogen-bond acceptors (Lipinski definition) is 5. The van der Waals surface area contributed by atoms with E-state index < -0.39 is 0 Å². The maximum absolute atomic E-state index is 12.3. The molecule has 0 saturated heterocycles. The number of carbonyl (C=O) groups is 1. The number of nitrogens with two attached hydrogens (primary N) is 1. The first-order chi connectivity index (χ1) is 9.75. The molecule has 0 aliphatic heterocycles. The summed E-state index contributed by atoms with van der Waals surface area (Å²) in [5.41, 5.74) is 6.12. The molecule has 2 rings (SSSR count). The second-order valence-corrected chi connectivity index (χ2v) is 8.04. The summed E-state index contributed by atoms with van der Waals surface area (Å²) in [6, 6.07) is 0. The van der Waals surface area contributed by atoms with Gasteiger partial charge in [0.1, 0.15) is 10.7 Å². The van der Waals surface area contributed by atoms with Gasteiger partial charge in [-0.3, -0.25) is 4.79 Å². The van der Waals surface area contributed by atoms with Crippen molar-refractivity contribution in [3.63, 3.8) is 0 Å². The van der Waals surface area contributed by atoms with Gasteiger partial charge in [0, 0.05) is 12.1 Å². The third kappa shape index (κ3) is 4.33. The molecule has 1 saturated carbocycles. The third-order valence-corrected chi connectivity index (χ3v) is 4.69. The molecule has 0 unspecified atom stereocenters. The summed E-state index contributed by atoms with van der Waals surface area (Å²) >= 11 is 1.32. The highest BCUT2D eigenvalue weighted by Gasteiger charge is 2.41. The first-order valence-corrected chi connectivity index (χ1v) is 8.39. The van der Waals surface area contributed by atoms with Gasteiger partial charge in [0.15, 0.2) is 5.13 Å². The van der Waals surface area contributed by atoms with E-state index in [1.807, 2.05) is 20.8 Å². The lowest BCUT2D eigenvalue weighted by Gasteiger charge is -2.19. The van der Waals surface area contributed by atoms with Gasteiger partial charge in [0.2, 0.25) is 0 Å². The number of aromatic nitrogens is 1. The predicted molar refractivity (Wildman–Crippen MR) is 88.8 cm³/mol. The van der Waals surface area contributed by atoms with Crippen molar-refractivity contribution < 1.29 is 4.79 Å². The van der Waals surface area contributed by atoms with Crippen molar-refractivity contribution in [3.05, 3.63) is 4.88 Å². The summed E-state index contributed by atoms with van der Waals surface area (Å²) in [5.74, 6) is 0.207. The van der Waals surface area contributed by atoms with Crippen LogP contribution in [0.25, 0.3) is 0 Å². The second kappa shape index (κ2) is 5.83. The number of nitrogens with zero attached hydrogens (tertiary/aromatic N) is 1. The minimum Gasteiger partial charge on any atom is -0.382 e. The Hall–Kier alpha value is -1.30. The maximum atomic E-state index is 12.3. The van der Waals surface area contributed by atoms with Crippen LogP contribution >= 0.6 is 11.3 Å². The molecule has 4 N–H and O–H groups in total. The summed E-state index contributed by atoms with van der Waals surface area (Å²) in [7, 11) is 0. The van der Waals surface area contributed by atoms with Crippen LogP contribution in [-0.4, -0.2) is 23.0 Å². The van der Waals surface area contributed by atoms with E-state index in [0.29, 0.717) is 21.2 Å². The van der Waals surface area contributed by atoms with Crippen molar-refractivity contribution in [3.8, 4) is 0 Å². The largest absolute Gasteiger partial charge is 0.382 e. The van der Waals surface area contributed by atoms with Gasteiger partial charge in [-0.05, 0) is 45.4 Å². The van der Waals surface area contributed by atoms with Crippen molar-refractivity contribution in [1.29, 1.82) is 0 Å². The molecule has 0 atom stereocenters. The first kappa shape index (κ1) is 16.1. The second-order valence-electron chi connectivity index (χ2n) is 7.04. The number of rotatable bonds is 6. The minimum absolute atomic E-state index is 0.1000. The number of anilines is 2. The Morgan fingerprint density at radius 2 is 2.10 bits per heavy atom. The first-order valence-electron chi connectivity index (χ1n) is 7.57. The van der Waals surface area contributed by atoms with E-state index in [4.69, 9.17) is 5.73 Å². The fourth-order valence-corrected chi connectivity index (χ4v) is 3.45. The van der Waals surface area contributed by atoms with Crippen LogP contribution in [0, 0.1) is 5.41 Å². The van der Waals surface area contributed by atoms with Crippen LogP contribution in [0.3, 0.4) is 0 Å². The summed E-state index contributed by atoms with van der Waals surface area (Å²) < 4.78 is 0. The van der Waals surface area contributed by atoms with Crippen molar-refractivity contribution in [2.24, 2.45) is 5.41 Å². The van der Waals surface area contributed by atoms with Crippen LogP contribution in [0.2, 0.25) is 0 Å². The molecule has 5 nitrogen and oxygen atoms in total. The van der Waals surface area contributed by atoms with E-state index in [2.05, 4.69) is 22.5 Å². The zero-order valence-corrected chi connectivity index (χ0v) is 14.2. The zero-order valence-electron chi connectivity index (χ0n) is 13.4. The van der Waals surface area contributed by atoms with Crippen LogP contribution in [0.15, 0.2) is 0 Å². The Bertz CT molecular complexity index is 514. The maximum Gasteiger partial charge on any atom is 0.265 e. The van der Waals surface area contributed by atoms with Crippen molar-refractivity contribution >= 4 is 28.2 Å². The third-order valence-electron chi connectivity index (χ3n) is 3.70. The molecule has 1 amide bonds. The Balaban J connectivity index is 1.96. The lowest BCUT2D eigenvalue weighted by atomic mass is 10.0. The molecule has 0 spiro atoms. The average Bonchev–Trinajstić information content (AvgIpc) is 3.02. The molecular weight excluding hydrogens is 284 g/mol. The van der Waals surface area contributed by atoms with Gasteiger partial charge < -0.3 is 16.4 Å². The van der Waals surface area contributed by atoms with Crippen LogP contribution in [0.4, 0.5) is 10.9 Å². The van der Waals surface area contributed by atoms with E-state index >= 15 is 0 Å². The van der Waals surface area contributed by atoms with Gasteiger partial charge in [-0.15, -0.1) is 0 Å². The fraction of sp³-hybridized carbons (Fsp3) is 0.733. The quantitative estimate of drug-likeness (QED) is 0.753. The van der Waals surface area contributed by atoms with E-state index in [1.54, 1.807) is 0 Å². The lowest BCUT2D eigenvalue weighted by molar-refractivity contribution is 0.0948. The van der Waals surface area contributed by atoms with Crippen LogP contribution < -0.4 is 16.4 Å². The molecule has 0 bridgehead atoms. The van der Waals surface area contributed by atoms with E-state index in [-0.39, 0.29) is 11.4 Å². The smallest absolute Gasteiger partial charge is 0.265 e. The molecule has 1 aromatic heterocycles. The normalized spacial score (nSPS) is 16.6. The molecule has 21 heavy (non-hydrogen) atoms. The Labute approximate surface area is 130 Å². The Morgan fingerprint density at radius 1 is 1.43 bits per heavy atom. The Kier molecular flexibility index (Phi) is 4.46. The number of nitrogen functional groups attached to an aromatic ring is 1. The standard InChI is InChI=1S/C15H26N4OS/c1-5-6-15(7-8-15)9-17-12(20)10-11(16)18-13(21-10)19-14(2,3)4/h5-9,16H2,1-4H3,(H,17,20)(H,18,19). The van der Waals surface area contributed by atoms with Gasteiger partial charge in [0.05, 0.1) is 0 Å². The highest BCUT2D eigenvalue weighted by atomic mass is 32.1. The van der Waals surface area contributed by atoms with Crippen molar-refractivity contribution in [2.75, 3.05) is 17.6 Å². The van der Waals surface area contributed by atoms with Crippen LogP contribution in [0.5, 0.6) is 0 Å². The number of carbonyl (C=O) groups excluding carboxylic acids is 1. The molecule has 1 heterocycles. The van der Waals surface area contributed by atoms with E-state index in [0.717, 1.165) is 13.0 Å². The fourth-order valence-electron chi connectivity index (χ4n) is 2.44. The number of amides is 1. The molecule has 1 aliphatic rings. The number of hydrogen-bond donors (Lipinski definition) is 3. The topological polar surface area (TPSA) is 80.0 Å². The molecule has 6 heteroatoms. The monoisotopic (exact) mass is 310 g/mol. The molecule has 1 aliphatic carbocycles. The highest BCUT2D eigenvalue weighted by molar-refractivity contribution is 7.18. The summed E-state index contributed by atoms with van der Waals surface area (Å²) in [6.07, 6.45) is 4.78. The molecule has 0 aromatic carbocycles. The molecule has 118 valence electrons. The van der Waals surface area contributed by atoms with Gasteiger partial charge >= 0.3 is 0 Å². The van der Waals surface area contributed by atoms with Crippen molar-refractivity contribution in [1.82, 2.24) is 10.3 Å². The molecular formula is C15H26N4OS. The SMILES string of the molecule is CCCC1(CNC(=O)c2sc(NC(C)(C)C)nc2N)CC1. The van der Waals surface area contributed by atoms with Crippen molar-refractivity contribution in [2.45, 2.75) is 58.9 Å². The van der Waals surface area contributed by atoms with Gasteiger partial charge in [-0.25, -0.2) is 4.98 Å². The van der Waals surface area contributed by atoms with Crippen LogP contribution in [-0.2, 0) is 0 Å². The number of thiazole rings is 1. The van der Waals surface area contributed by atoms with Gasteiger partial charge in [-0.2, -0.15) is 0 Å². The molecule has 0 radical (unpaired) electrons. The minimum atomic E-state index is -0.102. The van der Waals surface area contributed by atoms with Crippen LogP contribution in [0.1, 0.15) is 63.0 Å². The number of nitrogens with one attached hydrogen (secondary N) is 2. The summed E-state index contributed by atoms with van der Waals surface area (Å²) in [5, 5.41) is 6.97. The van der Waals surface area contributed by atoms with E-state index in [9.17, 15) is 4.79 Å². The van der Waals surface area contributed by atoms with Gasteiger partial charge in [-0.1, -0.05) is 24.7 Å². The summed E-state index contributed by atoms with van der Waals surface area (Å²) in [6.45, 7) is 9.08. The Morgan fingerprint density at radius 3 is 2.62 bits per heavy atom. The predicted octanol–water partition coefficient (Wildman–Crippen LogP) is 3.25.